The van der Waals surface area contributed by atoms with Crippen molar-refractivity contribution in [1.82, 2.24) is 14.5 Å². The Bertz CT molecular complexity index is 861. The highest BCUT2D eigenvalue weighted by molar-refractivity contribution is 5.95. The normalized spacial score (nSPS) is 17.1. The Morgan fingerprint density at radius 3 is 2.89 bits per heavy atom. The molecule has 0 aromatic carbocycles. The lowest BCUT2D eigenvalue weighted by atomic mass is 10.0. The van der Waals surface area contributed by atoms with Gasteiger partial charge < -0.3 is 14.2 Å². The molecule has 0 spiro atoms. The van der Waals surface area contributed by atoms with Crippen molar-refractivity contribution in [3.8, 4) is 0 Å². The largest absolute Gasteiger partial charge is 0.372 e. The van der Waals surface area contributed by atoms with Gasteiger partial charge in [-0.1, -0.05) is 6.07 Å². The van der Waals surface area contributed by atoms with Crippen LogP contribution in [0, 0.1) is 13.8 Å². The van der Waals surface area contributed by atoms with E-state index in [1.165, 1.54) is 0 Å². The minimum atomic E-state index is -0.196. The first-order valence-corrected chi connectivity index (χ1v) is 9.52. The molecule has 144 valence electrons. The van der Waals surface area contributed by atoms with E-state index in [0.29, 0.717) is 26.2 Å². The molecule has 0 N–H and O–H groups in total. The third-order valence-electron chi connectivity index (χ3n) is 5.11. The van der Waals surface area contributed by atoms with E-state index in [1.807, 2.05) is 39.0 Å². The molecular weight excluding hydrogens is 342 g/mol. The number of aromatic nitrogens is 2. The monoisotopic (exact) mass is 369 g/mol. The number of hydrogen-bond acceptors (Lipinski definition) is 4. The van der Waals surface area contributed by atoms with Crippen LogP contribution in [0.5, 0.6) is 0 Å². The molecule has 1 amide bonds. The average Bonchev–Trinajstić information content (AvgIpc) is 2.67. The fraction of sp³-hybridized carbons (Fsp3) is 0.476. The molecule has 0 saturated carbocycles. The summed E-state index contributed by atoms with van der Waals surface area (Å²) in [7, 11) is 0. The summed E-state index contributed by atoms with van der Waals surface area (Å²) in [4.78, 5) is 31.7. The zero-order chi connectivity index (χ0) is 19.4. The topological polar surface area (TPSA) is 64.4 Å². The summed E-state index contributed by atoms with van der Waals surface area (Å²) < 4.78 is 7.65. The van der Waals surface area contributed by atoms with Gasteiger partial charge in [-0.3, -0.25) is 14.6 Å². The van der Waals surface area contributed by atoms with Gasteiger partial charge in [-0.15, -0.1) is 0 Å². The van der Waals surface area contributed by atoms with Crippen LogP contribution in [-0.4, -0.2) is 39.6 Å². The first kappa shape index (κ1) is 19.3. The van der Waals surface area contributed by atoms with E-state index in [4.69, 9.17) is 4.74 Å². The van der Waals surface area contributed by atoms with Crippen LogP contribution in [0.1, 0.15) is 46.9 Å². The van der Waals surface area contributed by atoms with Gasteiger partial charge in [0.05, 0.1) is 12.7 Å². The van der Waals surface area contributed by atoms with Gasteiger partial charge in [0.25, 0.3) is 11.5 Å². The second-order valence-corrected chi connectivity index (χ2v) is 7.08. The van der Waals surface area contributed by atoms with Gasteiger partial charge in [0.2, 0.25) is 0 Å². The fourth-order valence-electron chi connectivity index (χ4n) is 3.69. The lowest BCUT2D eigenvalue weighted by Crippen LogP contribution is -2.45. The van der Waals surface area contributed by atoms with E-state index >= 15 is 0 Å². The van der Waals surface area contributed by atoms with E-state index in [9.17, 15) is 9.59 Å². The van der Waals surface area contributed by atoms with Crippen LogP contribution in [0.2, 0.25) is 0 Å². The van der Waals surface area contributed by atoms with Gasteiger partial charge in [0.15, 0.2) is 0 Å². The maximum atomic E-state index is 13.1. The molecule has 6 heteroatoms. The zero-order valence-electron chi connectivity index (χ0n) is 16.3. The van der Waals surface area contributed by atoms with Crippen molar-refractivity contribution in [3.05, 3.63) is 63.3 Å². The quantitative estimate of drug-likeness (QED) is 0.813. The van der Waals surface area contributed by atoms with E-state index in [-0.39, 0.29) is 23.1 Å². The molecule has 1 saturated heterocycles. The van der Waals surface area contributed by atoms with Crippen molar-refractivity contribution >= 4 is 5.91 Å². The number of hydrogen-bond donors (Lipinski definition) is 0. The van der Waals surface area contributed by atoms with Gasteiger partial charge in [-0.25, -0.2) is 0 Å². The molecule has 6 nitrogen and oxygen atoms in total. The summed E-state index contributed by atoms with van der Waals surface area (Å²) in [6.07, 6.45) is 5.28. The second kappa shape index (κ2) is 8.48. The molecule has 1 fully saturated rings. The van der Waals surface area contributed by atoms with Crippen LogP contribution in [0.4, 0.5) is 0 Å². The van der Waals surface area contributed by atoms with E-state index < -0.39 is 0 Å². The fourth-order valence-corrected chi connectivity index (χ4v) is 3.69. The minimum Gasteiger partial charge on any atom is -0.372 e. The highest BCUT2D eigenvalue weighted by Gasteiger charge is 2.28. The average molecular weight is 369 g/mol. The van der Waals surface area contributed by atoms with Crippen LogP contribution in [0.3, 0.4) is 0 Å². The van der Waals surface area contributed by atoms with Crippen LogP contribution >= 0.6 is 0 Å². The predicted molar refractivity (Wildman–Crippen MR) is 104 cm³/mol. The molecule has 0 radical (unpaired) electrons. The Kier molecular flexibility index (Phi) is 6.06. The number of carbonyl (C=O) groups is 1. The maximum Gasteiger partial charge on any atom is 0.263 e. The van der Waals surface area contributed by atoms with Crippen molar-refractivity contribution < 1.29 is 9.53 Å². The van der Waals surface area contributed by atoms with E-state index in [1.54, 1.807) is 21.9 Å². The van der Waals surface area contributed by atoms with Gasteiger partial charge in [-0.2, -0.15) is 0 Å². The third kappa shape index (κ3) is 4.27. The summed E-state index contributed by atoms with van der Waals surface area (Å²) in [5.41, 5.74) is 2.73. The molecule has 2 aromatic rings. The van der Waals surface area contributed by atoms with Gasteiger partial charge in [-0.05, 0) is 56.9 Å². The first-order valence-electron chi connectivity index (χ1n) is 9.52. The molecule has 1 aliphatic rings. The summed E-state index contributed by atoms with van der Waals surface area (Å²) in [6, 6.07) is 5.77. The van der Waals surface area contributed by atoms with E-state index in [0.717, 1.165) is 29.7 Å². The minimum absolute atomic E-state index is 0.0259. The second-order valence-electron chi connectivity index (χ2n) is 7.08. The number of nitrogens with zero attached hydrogens (tertiary/aromatic N) is 3. The number of carbonyl (C=O) groups excluding carboxylic acids is 1. The van der Waals surface area contributed by atoms with Gasteiger partial charge >= 0.3 is 0 Å². The van der Waals surface area contributed by atoms with Crippen molar-refractivity contribution in [2.45, 2.75) is 52.9 Å². The standard InChI is InChI=1S/C21H27N3O3/c1-4-24-16(3)11-15(2)19(21(24)26)20(25)23-10-6-8-18(13-23)27-14-17-7-5-9-22-12-17/h5,7,9,11-12,18H,4,6,8,10,13-14H2,1-3H3/t18-/m1/s1. The van der Waals surface area contributed by atoms with Gasteiger partial charge in [0, 0.05) is 37.7 Å². The lowest BCUT2D eigenvalue weighted by molar-refractivity contribution is -0.00690. The molecule has 3 heterocycles. The number of pyridine rings is 2. The third-order valence-corrected chi connectivity index (χ3v) is 5.11. The lowest BCUT2D eigenvalue weighted by Gasteiger charge is -2.33. The smallest absolute Gasteiger partial charge is 0.263 e. The molecule has 2 aromatic heterocycles. The molecule has 0 unspecified atom stereocenters. The number of piperidine rings is 1. The van der Waals surface area contributed by atoms with Crippen molar-refractivity contribution in [2.24, 2.45) is 0 Å². The Balaban J connectivity index is 1.73. The molecule has 27 heavy (non-hydrogen) atoms. The number of ether oxygens (including phenoxy) is 1. The number of amides is 1. The molecule has 0 bridgehead atoms. The highest BCUT2D eigenvalue weighted by Crippen LogP contribution is 2.18. The number of aryl methyl sites for hydroxylation is 2. The molecular formula is C21H27N3O3. The van der Waals surface area contributed by atoms with Crippen LogP contribution in [0.15, 0.2) is 35.4 Å². The zero-order valence-corrected chi connectivity index (χ0v) is 16.3. The molecule has 1 atom stereocenters. The first-order chi connectivity index (χ1) is 13.0. The van der Waals surface area contributed by atoms with Crippen molar-refractivity contribution in [3.63, 3.8) is 0 Å². The highest BCUT2D eigenvalue weighted by atomic mass is 16.5. The maximum absolute atomic E-state index is 13.1. The van der Waals surface area contributed by atoms with Crippen LogP contribution < -0.4 is 5.56 Å². The van der Waals surface area contributed by atoms with Gasteiger partial charge in [0.1, 0.15) is 5.56 Å². The number of likely N-dealkylation sites (tertiary alicyclic amines) is 1. The number of rotatable bonds is 5. The Morgan fingerprint density at radius 2 is 2.19 bits per heavy atom. The summed E-state index contributed by atoms with van der Waals surface area (Å²) in [5, 5.41) is 0. The van der Waals surface area contributed by atoms with Crippen LogP contribution in [-0.2, 0) is 17.9 Å². The Labute approximate surface area is 159 Å². The van der Waals surface area contributed by atoms with Crippen molar-refractivity contribution in [2.75, 3.05) is 13.1 Å². The molecule has 1 aliphatic heterocycles. The van der Waals surface area contributed by atoms with E-state index in [2.05, 4.69) is 4.98 Å². The SMILES string of the molecule is CCn1c(C)cc(C)c(C(=O)N2CCC[C@@H](OCc3cccnc3)C2)c1=O. The molecule has 3 rings (SSSR count). The predicted octanol–water partition coefficient (Wildman–Crippen LogP) is 2.70. The summed E-state index contributed by atoms with van der Waals surface area (Å²) >= 11 is 0. The summed E-state index contributed by atoms with van der Waals surface area (Å²) in [5.74, 6) is -0.186. The van der Waals surface area contributed by atoms with Crippen LogP contribution in [0.25, 0.3) is 0 Å². The Morgan fingerprint density at radius 1 is 1.37 bits per heavy atom. The Hall–Kier alpha value is -2.47. The van der Waals surface area contributed by atoms with Crippen molar-refractivity contribution in [1.29, 1.82) is 0 Å². The molecule has 0 aliphatic carbocycles. The summed E-state index contributed by atoms with van der Waals surface area (Å²) in [6.45, 7) is 7.86.